The van der Waals surface area contributed by atoms with Gasteiger partial charge in [0.2, 0.25) is 0 Å². The summed E-state index contributed by atoms with van der Waals surface area (Å²) in [5.74, 6) is -3.52. The van der Waals surface area contributed by atoms with E-state index in [1.807, 2.05) is 0 Å². The molecule has 5 rings (SSSR count). The number of ether oxygens (including phenoxy) is 4. The van der Waals surface area contributed by atoms with Crippen molar-refractivity contribution >= 4 is 11.9 Å². The van der Waals surface area contributed by atoms with Gasteiger partial charge in [-0.15, -0.1) is 0 Å². The second-order valence-electron chi connectivity index (χ2n) is 9.42. The third-order valence-electron chi connectivity index (χ3n) is 8.36. The van der Waals surface area contributed by atoms with Crippen LogP contribution in [0, 0.1) is 17.3 Å². The van der Waals surface area contributed by atoms with Crippen molar-refractivity contribution in [3.05, 3.63) is 12.2 Å². The molecule has 29 heavy (non-hydrogen) atoms. The summed E-state index contributed by atoms with van der Waals surface area (Å²) in [7, 11) is 1.39. The average molecular weight is 410 g/mol. The molecule has 3 aliphatic heterocycles. The number of esters is 2. The lowest BCUT2D eigenvalue weighted by atomic mass is 9.49. The lowest BCUT2D eigenvalue weighted by Crippen LogP contribution is -2.77. The number of aliphatic hydroxyl groups is 3. The standard InChI is InChI=1S/C20H26O9/c1-7(2)19(24)10-16(23)28-13(19)11(26-5)17(4)18(12-14(27-12)20(10,17)25)6-9(8(3)21)15(22)29-18/h8-14,21,24-25H,1,6H2,2-5H3. The molecular formula is C20H26O9. The molecule has 0 aromatic rings. The smallest absolute Gasteiger partial charge is 0.315 e. The number of hydrogen-bond donors (Lipinski definition) is 3. The van der Waals surface area contributed by atoms with E-state index in [2.05, 4.69) is 6.58 Å². The van der Waals surface area contributed by atoms with E-state index in [0.717, 1.165) is 0 Å². The molecule has 3 saturated heterocycles. The maximum absolute atomic E-state index is 12.9. The number of carbonyl (C=O) groups is 2. The molecule has 11 unspecified atom stereocenters. The van der Waals surface area contributed by atoms with Crippen molar-refractivity contribution in [2.45, 2.75) is 74.5 Å². The predicted octanol–water partition coefficient (Wildman–Crippen LogP) is -0.935. The second-order valence-corrected chi connectivity index (χ2v) is 9.42. The van der Waals surface area contributed by atoms with Gasteiger partial charge in [-0.25, -0.2) is 0 Å². The van der Waals surface area contributed by atoms with E-state index in [0.29, 0.717) is 0 Å². The van der Waals surface area contributed by atoms with Crippen LogP contribution < -0.4 is 0 Å². The van der Waals surface area contributed by atoms with E-state index in [4.69, 9.17) is 18.9 Å². The minimum absolute atomic E-state index is 0.0997. The molecule has 11 atom stereocenters. The molecule has 1 spiro atoms. The molecule has 2 saturated carbocycles. The minimum atomic E-state index is -1.93. The Morgan fingerprint density at radius 1 is 1.24 bits per heavy atom. The van der Waals surface area contributed by atoms with E-state index < -0.39 is 76.5 Å². The molecule has 9 nitrogen and oxygen atoms in total. The zero-order valence-electron chi connectivity index (χ0n) is 16.7. The number of fused-ring (bicyclic) bond motifs is 8. The molecule has 0 radical (unpaired) electrons. The molecule has 5 fully saturated rings. The van der Waals surface area contributed by atoms with Crippen LogP contribution in [0.5, 0.6) is 0 Å². The fraction of sp³-hybridized carbons (Fsp3) is 0.800. The van der Waals surface area contributed by atoms with Crippen molar-refractivity contribution in [2.24, 2.45) is 17.3 Å². The first-order chi connectivity index (χ1) is 13.4. The number of hydrogen-bond acceptors (Lipinski definition) is 9. The van der Waals surface area contributed by atoms with Crippen LogP contribution in [0.3, 0.4) is 0 Å². The van der Waals surface area contributed by atoms with Crippen molar-refractivity contribution in [2.75, 3.05) is 7.11 Å². The molecule has 2 bridgehead atoms. The zero-order chi connectivity index (χ0) is 21.3. The van der Waals surface area contributed by atoms with Crippen LogP contribution in [0.1, 0.15) is 27.2 Å². The Morgan fingerprint density at radius 2 is 1.90 bits per heavy atom. The van der Waals surface area contributed by atoms with Crippen LogP contribution in [0.2, 0.25) is 0 Å². The summed E-state index contributed by atoms with van der Waals surface area (Å²) in [5, 5.41) is 33.7. The zero-order valence-corrected chi connectivity index (χ0v) is 16.7. The van der Waals surface area contributed by atoms with E-state index >= 15 is 0 Å². The largest absolute Gasteiger partial charge is 0.456 e. The number of rotatable bonds is 3. The normalized spacial score (nSPS) is 57.9. The minimum Gasteiger partial charge on any atom is -0.456 e. The van der Waals surface area contributed by atoms with E-state index in [-0.39, 0.29) is 12.0 Å². The molecule has 3 N–H and O–H groups in total. The van der Waals surface area contributed by atoms with Crippen molar-refractivity contribution in [3.8, 4) is 0 Å². The molecule has 160 valence electrons. The third kappa shape index (κ3) is 1.70. The van der Waals surface area contributed by atoms with Crippen molar-refractivity contribution in [3.63, 3.8) is 0 Å². The molecule has 5 aliphatic rings. The highest BCUT2D eigenvalue weighted by Gasteiger charge is 2.95. The van der Waals surface area contributed by atoms with Gasteiger partial charge < -0.3 is 34.3 Å². The van der Waals surface area contributed by atoms with Crippen molar-refractivity contribution in [1.82, 2.24) is 0 Å². The van der Waals surface area contributed by atoms with Crippen LogP contribution in [0.25, 0.3) is 0 Å². The van der Waals surface area contributed by atoms with Gasteiger partial charge in [0, 0.05) is 13.5 Å². The van der Waals surface area contributed by atoms with Gasteiger partial charge >= 0.3 is 11.9 Å². The molecule has 0 amide bonds. The van der Waals surface area contributed by atoms with Gasteiger partial charge in [-0.3, -0.25) is 9.59 Å². The highest BCUT2D eigenvalue weighted by atomic mass is 16.7. The number of aliphatic hydroxyl groups excluding tert-OH is 1. The molecule has 9 heteroatoms. The summed E-state index contributed by atoms with van der Waals surface area (Å²) in [4.78, 5) is 25.5. The third-order valence-corrected chi connectivity index (χ3v) is 8.36. The molecule has 0 aromatic heterocycles. The Balaban J connectivity index is 1.74. The van der Waals surface area contributed by atoms with Gasteiger partial charge in [0.25, 0.3) is 0 Å². The first-order valence-corrected chi connectivity index (χ1v) is 9.83. The summed E-state index contributed by atoms with van der Waals surface area (Å²) < 4.78 is 22.9. The first kappa shape index (κ1) is 19.4. The lowest BCUT2D eigenvalue weighted by molar-refractivity contribution is -0.300. The summed E-state index contributed by atoms with van der Waals surface area (Å²) in [6.45, 7) is 8.59. The van der Waals surface area contributed by atoms with Crippen LogP contribution in [-0.2, 0) is 28.5 Å². The average Bonchev–Trinajstić information content (AvgIpc) is 3.27. The number of epoxide rings is 1. The van der Waals surface area contributed by atoms with Gasteiger partial charge in [0.15, 0.2) is 11.7 Å². The SMILES string of the molecule is C=C(C)C1(O)C2OC(=O)C1C1(O)C3OC3C3(CC(C(C)O)C(=O)O3)C1(C)C2OC. The number of carbonyl (C=O) groups excluding carboxylic acids is 2. The quantitative estimate of drug-likeness (QED) is 0.306. The summed E-state index contributed by atoms with van der Waals surface area (Å²) >= 11 is 0. The highest BCUT2D eigenvalue weighted by molar-refractivity contribution is 5.83. The Hall–Kier alpha value is -1.52. The Labute approximate surface area is 167 Å². The topological polar surface area (TPSA) is 135 Å². The fourth-order valence-electron chi connectivity index (χ4n) is 6.82. The van der Waals surface area contributed by atoms with Crippen LogP contribution in [0.15, 0.2) is 12.2 Å². The maximum Gasteiger partial charge on any atom is 0.315 e. The van der Waals surface area contributed by atoms with E-state index in [9.17, 15) is 24.9 Å². The van der Waals surface area contributed by atoms with E-state index in [1.54, 1.807) is 13.8 Å². The second kappa shape index (κ2) is 5.20. The van der Waals surface area contributed by atoms with Crippen molar-refractivity contribution in [1.29, 1.82) is 0 Å². The Morgan fingerprint density at radius 3 is 2.41 bits per heavy atom. The van der Waals surface area contributed by atoms with Gasteiger partial charge in [-0.05, 0) is 19.4 Å². The van der Waals surface area contributed by atoms with Gasteiger partial charge in [0.1, 0.15) is 35.4 Å². The van der Waals surface area contributed by atoms with Gasteiger partial charge in [0.05, 0.1) is 17.4 Å². The molecule has 2 aliphatic carbocycles. The maximum atomic E-state index is 12.9. The molecule has 0 aromatic carbocycles. The van der Waals surface area contributed by atoms with Crippen LogP contribution in [0.4, 0.5) is 0 Å². The summed E-state index contributed by atoms with van der Waals surface area (Å²) in [6.07, 6.45) is -4.52. The predicted molar refractivity (Wildman–Crippen MR) is 94.3 cm³/mol. The number of methoxy groups -OCH3 is 1. The lowest BCUT2D eigenvalue weighted by Gasteiger charge is -2.60. The van der Waals surface area contributed by atoms with Crippen LogP contribution in [-0.4, -0.2) is 81.7 Å². The van der Waals surface area contributed by atoms with Gasteiger partial charge in [-0.1, -0.05) is 13.5 Å². The molecular weight excluding hydrogens is 384 g/mol. The van der Waals surface area contributed by atoms with Crippen LogP contribution >= 0.6 is 0 Å². The Kier molecular flexibility index (Phi) is 3.49. The van der Waals surface area contributed by atoms with Gasteiger partial charge in [-0.2, -0.15) is 0 Å². The summed E-state index contributed by atoms with van der Waals surface area (Å²) in [6, 6.07) is 0. The highest BCUT2D eigenvalue weighted by Crippen LogP contribution is 2.76. The Bertz CT molecular complexity index is 840. The van der Waals surface area contributed by atoms with E-state index in [1.165, 1.54) is 14.0 Å². The summed E-state index contributed by atoms with van der Waals surface area (Å²) in [5.41, 5.74) is -6.18. The molecule has 3 heterocycles. The monoisotopic (exact) mass is 410 g/mol. The fourth-order valence-corrected chi connectivity index (χ4v) is 6.82. The van der Waals surface area contributed by atoms with Crippen molar-refractivity contribution < 1.29 is 43.9 Å². The first-order valence-electron chi connectivity index (χ1n) is 9.83.